The largest absolute Gasteiger partial charge is 0.372 e. The first-order valence-corrected chi connectivity index (χ1v) is 10.7. The van der Waals surface area contributed by atoms with E-state index in [0.29, 0.717) is 48.7 Å². The molecule has 168 valence electrons. The van der Waals surface area contributed by atoms with E-state index in [9.17, 15) is 4.79 Å². The van der Waals surface area contributed by atoms with Gasteiger partial charge >= 0.3 is 0 Å². The van der Waals surface area contributed by atoms with E-state index >= 15 is 0 Å². The summed E-state index contributed by atoms with van der Waals surface area (Å²) in [6.07, 6.45) is 3.78. The van der Waals surface area contributed by atoms with Gasteiger partial charge in [-0.1, -0.05) is 17.3 Å². The van der Waals surface area contributed by atoms with Gasteiger partial charge < -0.3 is 14.2 Å². The van der Waals surface area contributed by atoms with E-state index in [1.54, 1.807) is 30.8 Å². The van der Waals surface area contributed by atoms with E-state index in [2.05, 4.69) is 25.0 Å². The summed E-state index contributed by atoms with van der Waals surface area (Å²) < 4.78 is 12.9. The number of hydrogen-bond donors (Lipinski definition) is 0. The molecule has 5 rings (SSSR count). The molecule has 3 aromatic heterocycles. The maximum Gasteiger partial charge on any atom is 0.257 e. The number of hydrogen-bond acceptors (Lipinski definition) is 9. The molecule has 0 saturated carbocycles. The summed E-state index contributed by atoms with van der Waals surface area (Å²) in [6, 6.07) is 11.2. The molecule has 0 spiro atoms. The van der Waals surface area contributed by atoms with Crippen LogP contribution in [0.2, 0.25) is 0 Å². The third kappa shape index (κ3) is 4.37. The van der Waals surface area contributed by atoms with Crippen molar-refractivity contribution in [2.45, 2.75) is 19.4 Å². The Morgan fingerprint density at radius 3 is 2.64 bits per heavy atom. The van der Waals surface area contributed by atoms with Gasteiger partial charge in [-0.2, -0.15) is 4.98 Å². The first-order chi connectivity index (χ1) is 16.1. The number of benzene rings is 1. The van der Waals surface area contributed by atoms with Gasteiger partial charge in [-0.15, -0.1) is 0 Å². The Labute approximate surface area is 189 Å². The van der Waals surface area contributed by atoms with Crippen molar-refractivity contribution in [3.8, 4) is 22.8 Å². The van der Waals surface area contributed by atoms with Crippen LogP contribution < -0.4 is 10.5 Å². The molecule has 1 aliphatic heterocycles. The Morgan fingerprint density at radius 2 is 1.91 bits per heavy atom. The van der Waals surface area contributed by atoms with E-state index in [-0.39, 0.29) is 11.7 Å². The molecule has 0 radical (unpaired) electrons. The summed E-state index contributed by atoms with van der Waals surface area (Å²) in [5.74, 6) is 1.71. The molecule has 10 nitrogen and oxygen atoms in total. The summed E-state index contributed by atoms with van der Waals surface area (Å²) >= 11 is 0. The topological polar surface area (TPSA) is 112 Å². The second-order valence-corrected chi connectivity index (χ2v) is 7.84. The molecule has 1 unspecified atom stereocenters. The fourth-order valence-corrected chi connectivity index (χ4v) is 3.87. The van der Waals surface area contributed by atoms with E-state index in [0.717, 1.165) is 17.5 Å². The van der Waals surface area contributed by atoms with Crippen molar-refractivity contribution >= 4 is 5.95 Å². The number of rotatable bonds is 4. The standard InChI is InChI=1S/C23H23N7O3/c1-15-26-22(33-28-15)17-5-3-16(4-6-17)20-8-10-30(11-12-32-20)23-27-19(13-21(31)29(23)2)18-7-9-24-14-25-18/h3-7,9,13-14,20H,8,10-12H2,1-2H3. The minimum atomic E-state index is -0.137. The number of ether oxygens (including phenoxy) is 1. The molecule has 10 heteroatoms. The first kappa shape index (κ1) is 21.0. The summed E-state index contributed by atoms with van der Waals surface area (Å²) in [7, 11) is 1.73. The zero-order valence-corrected chi connectivity index (χ0v) is 18.4. The lowest BCUT2D eigenvalue weighted by atomic mass is 10.0. The van der Waals surface area contributed by atoms with E-state index in [1.165, 1.54) is 12.4 Å². The summed E-state index contributed by atoms with van der Waals surface area (Å²) in [6.45, 7) is 3.63. The molecule has 1 fully saturated rings. The number of aromatic nitrogens is 6. The summed E-state index contributed by atoms with van der Waals surface area (Å²) in [5, 5.41) is 3.84. The Bertz CT molecular complexity index is 1300. The van der Waals surface area contributed by atoms with Gasteiger partial charge in [-0.3, -0.25) is 9.36 Å². The molecule has 1 aromatic carbocycles. The fraction of sp³-hybridized carbons (Fsp3) is 0.304. The smallest absolute Gasteiger partial charge is 0.257 e. The van der Waals surface area contributed by atoms with Crippen LogP contribution in [0.4, 0.5) is 5.95 Å². The van der Waals surface area contributed by atoms with E-state index in [4.69, 9.17) is 14.2 Å². The van der Waals surface area contributed by atoms with Crippen LogP contribution in [-0.4, -0.2) is 49.4 Å². The van der Waals surface area contributed by atoms with Crippen molar-refractivity contribution in [3.63, 3.8) is 0 Å². The van der Waals surface area contributed by atoms with Crippen LogP contribution >= 0.6 is 0 Å². The van der Waals surface area contributed by atoms with Gasteiger partial charge in [0.1, 0.15) is 6.33 Å². The molecule has 33 heavy (non-hydrogen) atoms. The minimum absolute atomic E-state index is 0.0597. The lowest BCUT2D eigenvalue weighted by molar-refractivity contribution is 0.0647. The Morgan fingerprint density at radius 1 is 1.06 bits per heavy atom. The predicted molar refractivity (Wildman–Crippen MR) is 120 cm³/mol. The Balaban J connectivity index is 1.34. The molecule has 1 aliphatic rings. The second-order valence-electron chi connectivity index (χ2n) is 7.84. The maximum atomic E-state index is 12.6. The molecule has 0 bridgehead atoms. The van der Waals surface area contributed by atoms with Crippen molar-refractivity contribution in [1.29, 1.82) is 0 Å². The third-order valence-corrected chi connectivity index (χ3v) is 5.64. The van der Waals surface area contributed by atoms with Crippen molar-refractivity contribution < 1.29 is 9.26 Å². The highest BCUT2D eigenvalue weighted by molar-refractivity contribution is 5.55. The predicted octanol–water partition coefficient (Wildman–Crippen LogP) is 2.56. The molecule has 4 aromatic rings. The highest BCUT2D eigenvalue weighted by Crippen LogP contribution is 2.28. The molecule has 1 atom stereocenters. The number of anilines is 1. The molecule has 0 amide bonds. The van der Waals surface area contributed by atoms with Crippen LogP contribution in [-0.2, 0) is 11.8 Å². The van der Waals surface area contributed by atoms with Crippen LogP contribution in [0.1, 0.15) is 23.9 Å². The molecular formula is C23H23N7O3. The number of nitrogens with zero attached hydrogens (tertiary/aromatic N) is 7. The van der Waals surface area contributed by atoms with Crippen LogP contribution in [0.5, 0.6) is 0 Å². The molecule has 4 heterocycles. The quantitative estimate of drug-likeness (QED) is 0.468. The van der Waals surface area contributed by atoms with Crippen LogP contribution in [0.3, 0.4) is 0 Å². The minimum Gasteiger partial charge on any atom is -0.372 e. The summed E-state index contributed by atoms with van der Waals surface area (Å²) in [5.41, 5.74) is 2.96. The maximum absolute atomic E-state index is 12.6. The third-order valence-electron chi connectivity index (χ3n) is 5.64. The highest BCUT2D eigenvalue weighted by atomic mass is 16.5. The van der Waals surface area contributed by atoms with E-state index < -0.39 is 0 Å². The van der Waals surface area contributed by atoms with Crippen molar-refractivity contribution in [3.05, 3.63) is 70.7 Å². The van der Waals surface area contributed by atoms with Gasteiger partial charge in [0.2, 0.25) is 5.95 Å². The Kier molecular flexibility index (Phi) is 5.66. The lowest BCUT2D eigenvalue weighted by Gasteiger charge is -2.23. The average Bonchev–Trinajstić information content (AvgIpc) is 3.13. The zero-order chi connectivity index (χ0) is 22.8. The molecule has 0 N–H and O–H groups in total. The second kappa shape index (κ2) is 8.91. The van der Waals surface area contributed by atoms with Gasteiger partial charge in [0.15, 0.2) is 5.82 Å². The van der Waals surface area contributed by atoms with Crippen LogP contribution in [0, 0.1) is 6.92 Å². The fourth-order valence-electron chi connectivity index (χ4n) is 3.87. The SMILES string of the molecule is Cc1noc(-c2ccc(C3CCN(c4nc(-c5ccncn5)cc(=O)n4C)CCO3)cc2)n1. The van der Waals surface area contributed by atoms with Crippen LogP contribution in [0.25, 0.3) is 22.8 Å². The zero-order valence-electron chi connectivity index (χ0n) is 18.4. The van der Waals surface area contributed by atoms with Gasteiger partial charge in [0, 0.05) is 38.0 Å². The van der Waals surface area contributed by atoms with Gasteiger partial charge in [0.05, 0.1) is 24.1 Å². The van der Waals surface area contributed by atoms with Crippen molar-refractivity contribution in [2.75, 3.05) is 24.6 Å². The first-order valence-electron chi connectivity index (χ1n) is 10.7. The molecular weight excluding hydrogens is 422 g/mol. The normalized spacial score (nSPS) is 16.5. The van der Waals surface area contributed by atoms with Gasteiger partial charge in [0.25, 0.3) is 11.4 Å². The van der Waals surface area contributed by atoms with Gasteiger partial charge in [-0.05, 0) is 37.1 Å². The monoisotopic (exact) mass is 445 g/mol. The van der Waals surface area contributed by atoms with Gasteiger partial charge in [-0.25, -0.2) is 15.0 Å². The van der Waals surface area contributed by atoms with E-state index in [1.807, 2.05) is 24.3 Å². The van der Waals surface area contributed by atoms with Crippen molar-refractivity contribution in [1.82, 2.24) is 29.7 Å². The molecule has 1 saturated heterocycles. The average molecular weight is 445 g/mol. The number of aryl methyl sites for hydroxylation is 1. The lowest BCUT2D eigenvalue weighted by Crippen LogP contribution is -2.33. The highest BCUT2D eigenvalue weighted by Gasteiger charge is 2.22. The van der Waals surface area contributed by atoms with Crippen molar-refractivity contribution in [2.24, 2.45) is 7.05 Å². The Hall–Kier alpha value is -3.92. The molecule has 0 aliphatic carbocycles. The summed E-state index contributed by atoms with van der Waals surface area (Å²) in [4.78, 5) is 31.9. The van der Waals surface area contributed by atoms with Crippen LogP contribution in [0.15, 0.2) is 58.2 Å².